The number of rotatable bonds is 2. The van der Waals surface area contributed by atoms with E-state index in [0.29, 0.717) is 0 Å². The maximum absolute atomic E-state index is 4.40. The third-order valence-electron chi connectivity index (χ3n) is 1.97. The Balaban J connectivity index is 3.08. The first kappa shape index (κ1) is 9.72. The summed E-state index contributed by atoms with van der Waals surface area (Å²) in [5, 5.41) is 0. The summed E-state index contributed by atoms with van der Waals surface area (Å²) in [6.45, 7) is 10.4. The van der Waals surface area contributed by atoms with Gasteiger partial charge in [0.1, 0.15) is 0 Å². The lowest BCUT2D eigenvalue weighted by atomic mass is 10.1. The van der Waals surface area contributed by atoms with Crippen LogP contribution in [0.1, 0.15) is 13.3 Å². The van der Waals surface area contributed by atoms with E-state index in [9.17, 15) is 0 Å². The fourth-order valence-corrected chi connectivity index (χ4v) is 1.29. The highest BCUT2D eigenvalue weighted by Crippen LogP contribution is 2.10. The van der Waals surface area contributed by atoms with Crippen molar-refractivity contribution in [1.82, 2.24) is 0 Å². The van der Waals surface area contributed by atoms with Gasteiger partial charge in [-0.05, 0) is 25.0 Å². The molecule has 0 unspecified atom stereocenters. The normalized spacial score (nSPS) is 17.5. The molecule has 1 heterocycles. The lowest BCUT2D eigenvalue weighted by Crippen LogP contribution is -2.00. The van der Waals surface area contributed by atoms with Crippen LogP contribution in [0, 0.1) is 0 Å². The molecule has 0 bridgehead atoms. The molecule has 1 heteroatoms. The Hall–Kier alpha value is -1.37. The molecule has 0 N–H and O–H groups in total. The minimum atomic E-state index is 0.837. The van der Waals surface area contributed by atoms with Gasteiger partial charge in [0.2, 0.25) is 0 Å². The lowest BCUT2D eigenvalue weighted by molar-refractivity contribution is 0.996. The van der Waals surface area contributed by atoms with E-state index in [-0.39, 0.29) is 0 Å². The summed E-state index contributed by atoms with van der Waals surface area (Å²) < 4.78 is 0. The van der Waals surface area contributed by atoms with Crippen molar-refractivity contribution in [2.75, 3.05) is 6.54 Å². The third kappa shape index (κ3) is 2.55. The summed E-state index contributed by atoms with van der Waals surface area (Å²) >= 11 is 0. The first-order valence-electron chi connectivity index (χ1n) is 4.46. The van der Waals surface area contributed by atoms with Crippen molar-refractivity contribution in [3.63, 3.8) is 0 Å². The molecule has 0 aromatic rings. The molecule has 0 radical (unpaired) electrons. The number of hydrogen-bond acceptors (Lipinski definition) is 1. The molecular weight excluding hydrogens is 158 g/mol. The molecule has 1 nitrogen and oxygen atoms in total. The molecule has 13 heavy (non-hydrogen) atoms. The van der Waals surface area contributed by atoms with E-state index in [2.05, 4.69) is 37.2 Å². The molecule has 0 fully saturated rings. The Kier molecular flexibility index (Phi) is 3.44. The van der Waals surface area contributed by atoms with E-state index < -0.39 is 0 Å². The Morgan fingerprint density at radius 2 is 2.15 bits per heavy atom. The van der Waals surface area contributed by atoms with Gasteiger partial charge in [-0.15, -0.1) is 0 Å². The molecule has 68 valence electrons. The van der Waals surface area contributed by atoms with Crippen molar-refractivity contribution in [1.29, 1.82) is 0 Å². The van der Waals surface area contributed by atoms with Gasteiger partial charge in [0.25, 0.3) is 0 Å². The highest BCUT2D eigenvalue weighted by Gasteiger charge is 2.01. The molecule has 0 saturated carbocycles. The van der Waals surface area contributed by atoms with Crippen molar-refractivity contribution in [2.24, 2.45) is 4.99 Å². The van der Waals surface area contributed by atoms with Crippen LogP contribution in [0.4, 0.5) is 0 Å². The predicted molar refractivity (Wildman–Crippen MR) is 59.2 cm³/mol. The van der Waals surface area contributed by atoms with Crippen LogP contribution < -0.4 is 0 Å². The zero-order valence-electron chi connectivity index (χ0n) is 8.09. The Labute approximate surface area is 79.9 Å². The van der Waals surface area contributed by atoms with Gasteiger partial charge in [0, 0.05) is 6.54 Å². The molecular formula is C12H15N. The summed E-state index contributed by atoms with van der Waals surface area (Å²) in [4.78, 5) is 4.40. The highest BCUT2D eigenvalue weighted by molar-refractivity contribution is 6.10. The second kappa shape index (κ2) is 4.61. The predicted octanol–water partition coefficient (Wildman–Crippen LogP) is 3.08. The van der Waals surface area contributed by atoms with Crippen molar-refractivity contribution in [2.45, 2.75) is 13.3 Å². The Morgan fingerprint density at radius 1 is 1.38 bits per heavy atom. The molecule has 0 atom stereocenters. The minimum absolute atomic E-state index is 0.837. The lowest BCUT2D eigenvalue weighted by Gasteiger charge is -2.06. The van der Waals surface area contributed by atoms with Crippen LogP contribution >= 0.6 is 0 Å². The number of hydrogen-bond donors (Lipinski definition) is 0. The third-order valence-corrected chi connectivity index (χ3v) is 1.97. The molecule has 0 aromatic heterocycles. The van der Waals surface area contributed by atoms with E-state index >= 15 is 0 Å². The standard InChI is InChI=1S/C12H15N/c1-4-11-9-10(3)7-6-8-13-12(11)5-2/h4-5,7,9H,1-2,6,8H2,3H3. The molecule has 1 aliphatic heterocycles. The maximum Gasteiger partial charge on any atom is 0.0640 e. The second-order valence-corrected chi connectivity index (χ2v) is 3.01. The summed E-state index contributed by atoms with van der Waals surface area (Å²) in [5.74, 6) is 0. The summed E-state index contributed by atoms with van der Waals surface area (Å²) in [7, 11) is 0. The number of allylic oxidation sites excluding steroid dienone is 5. The van der Waals surface area contributed by atoms with E-state index in [1.165, 1.54) is 5.57 Å². The van der Waals surface area contributed by atoms with Crippen LogP contribution in [0.25, 0.3) is 0 Å². The highest BCUT2D eigenvalue weighted by atomic mass is 14.7. The SMILES string of the molecule is C=CC1=CC(C)=CCCN=C1C=C. The van der Waals surface area contributed by atoms with E-state index in [0.717, 1.165) is 24.3 Å². The molecule has 1 rings (SSSR count). The number of nitrogens with zero attached hydrogens (tertiary/aromatic N) is 1. The van der Waals surface area contributed by atoms with E-state index in [1.54, 1.807) is 6.08 Å². The van der Waals surface area contributed by atoms with Crippen LogP contribution in [0.5, 0.6) is 0 Å². The van der Waals surface area contributed by atoms with Gasteiger partial charge >= 0.3 is 0 Å². The smallest absolute Gasteiger partial charge is 0.0640 e. The van der Waals surface area contributed by atoms with Crippen LogP contribution in [0.15, 0.2) is 53.6 Å². The van der Waals surface area contributed by atoms with Crippen LogP contribution in [0.2, 0.25) is 0 Å². The zero-order valence-corrected chi connectivity index (χ0v) is 8.09. The van der Waals surface area contributed by atoms with Gasteiger partial charge in [-0.2, -0.15) is 0 Å². The molecule has 1 aliphatic rings. The monoisotopic (exact) mass is 173 g/mol. The fourth-order valence-electron chi connectivity index (χ4n) is 1.29. The van der Waals surface area contributed by atoms with Gasteiger partial charge in [0.15, 0.2) is 0 Å². The van der Waals surface area contributed by atoms with Gasteiger partial charge in [-0.1, -0.05) is 37.0 Å². The summed E-state index contributed by atoms with van der Waals surface area (Å²) in [6, 6.07) is 0. The van der Waals surface area contributed by atoms with Crippen molar-refractivity contribution < 1.29 is 0 Å². The summed E-state index contributed by atoms with van der Waals surface area (Å²) in [6.07, 6.45) is 8.89. The van der Waals surface area contributed by atoms with E-state index in [1.807, 2.05) is 6.08 Å². The molecule has 0 spiro atoms. The quantitative estimate of drug-likeness (QED) is 0.608. The first-order valence-corrected chi connectivity index (χ1v) is 4.46. The van der Waals surface area contributed by atoms with Gasteiger partial charge in [-0.3, -0.25) is 4.99 Å². The fraction of sp³-hybridized carbons (Fsp3) is 0.250. The van der Waals surface area contributed by atoms with Crippen molar-refractivity contribution in [3.05, 3.63) is 48.6 Å². The molecule has 0 aliphatic carbocycles. The minimum Gasteiger partial charge on any atom is -0.284 e. The zero-order chi connectivity index (χ0) is 9.68. The van der Waals surface area contributed by atoms with Crippen LogP contribution in [-0.4, -0.2) is 12.3 Å². The van der Waals surface area contributed by atoms with Crippen molar-refractivity contribution >= 4 is 5.71 Å². The number of aliphatic imine (C=N–C) groups is 1. The van der Waals surface area contributed by atoms with Crippen LogP contribution in [0.3, 0.4) is 0 Å². The van der Waals surface area contributed by atoms with E-state index in [4.69, 9.17) is 0 Å². The van der Waals surface area contributed by atoms with Gasteiger partial charge in [0.05, 0.1) is 5.71 Å². The van der Waals surface area contributed by atoms with Crippen LogP contribution in [-0.2, 0) is 0 Å². The molecule has 0 amide bonds. The second-order valence-electron chi connectivity index (χ2n) is 3.01. The first-order chi connectivity index (χ1) is 6.27. The molecule has 0 aromatic carbocycles. The Bertz CT molecular complexity index is 303. The maximum atomic E-state index is 4.40. The van der Waals surface area contributed by atoms with Gasteiger partial charge < -0.3 is 0 Å². The summed E-state index contributed by atoms with van der Waals surface area (Å²) in [5.41, 5.74) is 3.27. The topological polar surface area (TPSA) is 12.4 Å². The van der Waals surface area contributed by atoms with Gasteiger partial charge in [-0.25, -0.2) is 0 Å². The average molecular weight is 173 g/mol. The van der Waals surface area contributed by atoms with Crippen molar-refractivity contribution in [3.8, 4) is 0 Å². The largest absolute Gasteiger partial charge is 0.284 e. The molecule has 0 saturated heterocycles. The average Bonchev–Trinajstić information content (AvgIpc) is 2.11. The Morgan fingerprint density at radius 3 is 2.77 bits per heavy atom.